The molecule has 0 saturated heterocycles. The van der Waals surface area contributed by atoms with Crippen LogP contribution in [0.2, 0.25) is 0 Å². The highest BCUT2D eigenvalue weighted by Crippen LogP contribution is 2.42. The molecule has 3 N–H and O–H groups in total. The van der Waals surface area contributed by atoms with Gasteiger partial charge < -0.3 is 15.8 Å². The summed E-state index contributed by atoms with van der Waals surface area (Å²) in [5.74, 6) is -1.61. The minimum atomic E-state index is -4.84. The largest absolute Gasteiger partial charge is 0.424 e. The summed E-state index contributed by atoms with van der Waals surface area (Å²) in [6.07, 6.45) is -7.80. The zero-order valence-corrected chi connectivity index (χ0v) is 18.1. The maximum absolute atomic E-state index is 14.7. The first-order chi connectivity index (χ1) is 16.1. The molecule has 0 saturated carbocycles. The molecule has 0 bridgehead atoms. The van der Waals surface area contributed by atoms with Crippen molar-refractivity contribution < 1.29 is 35.5 Å². The van der Waals surface area contributed by atoms with E-state index in [2.05, 4.69) is 25.3 Å². The number of halogens is 7. The minimum absolute atomic E-state index is 0.0156. The zero-order valence-electron chi connectivity index (χ0n) is 18.1. The van der Waals surface area contributed by atoms with Gasteiger partial charge in [-0.3, -0.25) is 9.98 Å². The second-order valence-electron chi connectivity index (χ2n) is 8.22. The van der Waals surface area contributed by atoms with Crippen LogP contribution in [0.1, 0.15) is 25.0 Å². The first-order valence-corrected chi connectivity index (χ1v) is 9.95. The van der Waals surface area contributed by atoms with E-state index in [1.165, 1.54) is 19.1 Å². The number of aliphatic imine (C=N–C) groups is 1. The van der Waals surface area contributed by atoms with Crippen LogP contribution in [0.15, 0.2) is 41.8 Å². The summed E-state index contributed by atoms with van der Waals surface area (Å²) >= 11 is 0. The van der Waals surface area contributed by atoms with Gasteiger partial charge in [0.05, 0.1) is 17.7 Å². The molecule has 35 heavy (non-hydrogen) atoms. The maximum atomic E-state index is 14.7. The lowest BCUT2D eigenvalue weighted by Crippen LogP contribution is -2.60. The fourth-order valence-electron chi connectivity index (χ4n) is 3.47. The van der Waals surface area contributed by atoms with E-state index in [1.807, 2.05) is 0 Å². The lowest BCUT2D eigenvalue weighted by atomic mass is 9.89. The summed E-state index contributed by atoms with van der Waals surface area (Å²) in [5.41, 5.74) is 0.197. The number of fused-ring (bicyclic) bond motifs is 1. The molecule has 0 amide bonds. The Hall–Kier alpha value is -3.55. The Bertz CT molecular complexity index is 1330. The van der Waals surface area contributed by atoms with E-state index < -0.39 is 47.3 Å². The number of amidine groups is 1. The first-order valence-electron chi connectivity index (χ1n) is 9.95. The van der Waals surface area contributed by atoms with Crippen LogP contribution in [-0.2, 0) is 16.5 Å². The molecule has 14 heteroatoms. The lowest BCUT2D eigenvalue weighted by molar-refractivity contribution is -0.249. The van der Waals surface area contributed by atoms with Gasteiger partial charge in [-0.2, -0.15) is 26.3 Å². The van der Waals surface area contributed by atoms with Gasteiger partial charge in [-0.05, 0) is 38.1 Å². The van der Waals surface area contributed by atoms with Crippen molar-refractivity contribution in [3.63, 3.8) is 0 Å². The minimum Gasteiger partial charge on any atom is -0.385 e. The Balaban J connectivity index is 1.71. The molecule has 186 valence electrons. The van der Waals surface area contributed by atoms with Crippen molar-refractivity contribution in [1.82, 2.24) is 15.0 Å². The number of anilines is 2. The molecule has 4 rings (SSSR count). The summed E-state index contributed by atoms with van der Waals surface area (Å²) in [5, 5.41) is 2.82. The molecule has 1 aliphatic heterocycles. The first kappa shape index (κ1) is 24.6. The molecular weight excluding hydrogens is 485 g/mol. The van der Waals surface area contributed by atoms with Crippen LogP contribution in [-0.4, -0.2) is 39.2 Å². The van der Waals surface area contributed by atoms with Gasteiger partial charge in [0.1, 0.15) is 29.0 Å². The summed E-state index contributed by atoms with van der Waals surface area (Å²) in [4.78, 5) is 15.5. The van der Waals surface area contributed by atoms with Crippen LogP contribution in [0.25, 0.3) is 11.0 Å². The number of benzene rings is 1. The number of rotatable bonds is 3. The van der Waals surface area contributed by atoms with E-state index in [9.17, 15) is 30.7 Å². The van der Waals surface area contributed by atoms with Crippen molar-refractivity contribution in [2.75, 3.05) is 11.9 Å². The van der Waals surface area contributed by atoms with Crippen LogP contribution >= 0.6 is 0 Å². The highest BCUT2D eigenvalue weighted by atomic mass is 19.4. The molecule has 2 unspecified atom stereocenters. The number of hydrogen-bond donors (Lipinski definition) is 2. The van der Waals surface area contributed by atoms with Crippen LogP contribution < -0.4 is 11.1 Å². The quantitative estimate of drug-likeness (QED) is 0.497. The summed E-state index contributed by atoms with van der Waals surface area (Å²) < 4.78 is 98.8. The second-order valence-corrected chi connectivity index (χ2v) is 8.22. The van der Waals surface area contributed by atoms with E-state index >= 15 is 0 Å². The topological polar surface area (TPSA) is 98.3 Å². The van der Waals surface area contributed by atoms with Gasteiger partial charge in [0.2, 0.25) is 5.60 Å². The third-order valence-electron chi connectivity index (χ3n) is 5.65. The molecule has 3 aromatic rings. The molecule has 0 spiro atoms. The van der Waals surface area contributed by atoms with Gasteiger partial charge in [-0.25, -0.2) is 14.4 Å². The zero-order chi connectivity index (χ0) is 25.8. The Kier molecular flexibility index (Phi) is 5.62. The Morgan fingerprint density at radius 2 is 1.74 bits per heavy atom. The highest BCUT2D eigenvalue weighted by molar-refractivity contribution is 5.91. The number of nitrogens with zero attached hydrogens (tertiary/aromatic N) is 4. The van der Waals surface area contributed by atoms with Crippen molar-refractivity contribution in [3.05, 3.63) is 53.7 Å². The standard InChI is InChI=1S/C21H17F7N6O/c1-18(8-35-19(2,17(29)34-18)21(26,27)28)12-6-11(3-4-13(12)22)33-16-15-14(31-9-32-16)5-10(7-30-15)20(23,24)25/h3-7,9H,8H2,1-2H3,(H2,29,34)(H,31,32,33). The highest BCUT2D eigenvalue weighted by Gasteiger charge is 2.59. The van der Waals surface area contributed by atoms with Crippen molar-refractivity contribution in [2.24, 2.45) is 10.7 Å². The summed E-state index contributed by atoms with van der Waals surface area (Å²) in [7, 11) is 0. The molecular formula is C21H17F7N6O. The SMILES string of the molecule is CC1(c2cc(Nc3ncnc4cc(C(F)(F)F)cnc34)ccc2F)COC(C)(C(F)(F)F)C(N)=N1. The normalized spacial score (nSPS) is 23.3. The number of ether oxygens (including phenoxy) is 1. The van der Waals surface area contributed by atoms with Crippen molar-refractivity contribution >= 4 is 28.4 Å². The van der Waals surface area contributed by atoms with Crippen LogP contribution in [0.3, 0.4) is 0 Å². The Labute approximate surface area is 193 Å². The van der Waals surface area contributed by atoms with E-state index in [-0.39, 0.29) is 28.1 Å². The van der Waals surface area contributed by atoms with Gasteiger partial charge in [0.25, 0.3) is 0 Å². The smallest absolute Gasteiger partial charge is 0.385 e. The van der Waals surface area contributed by atoms with Gasteiger partial charge in [-0.1, -0.05) is 0 Å². The molecule has 0 fully saturated rings. The number of nitrogens with one attached hydrogen (secondary N) is 1. The second kappa shape index (κ2) is 8.00. The molecule has 1 aliphatic rings. The van der Waals surface area contributed by atoms with E-state index in [0.717, 1.165) is 25.4 Å². The van der Waals surface area contributed by atoms with E-state index in [4.69, 9.17) is 10.5 Å². The van der Waals surface area contributed by atoms with Gasteiger partial charge >= 0.3 is 12.4 Å². The third kappa shape index (κ3) is 4.33. The monoisotopic (exact) mass is 502 g/mol. The molecule has 3 heterocycles. The van der Waals surface area contributed by atoms with Gasteiger partial charge in [0, 0.05) is 17.4 Å². The Morgan fingerprint density at radius 3 is 2.37 bits per heavy atom. The van der Waals surface area contributed by atoms with Gasteiger partial charge in [0.15, 0.2) is 5.82 Å². The molecule has 0 aliphatic carbocycles. The predicted octanol–water partition coefficient (Wildman–Crippen LogP) is 4.85. The van der Waals surface area contributed by atoms with Crippen molar-refractivity contribution in [1.29, 1.82) is 0 Å². The predicted molar refractivity (Wildman–Crippen MR) is 111 cm³/mol. The van der Waals surface area contributed by atoms with E-state index in [1.54, 1.807) is 0 Å². The van der Waals surface area contributed by atoms with Gasteiger partial charge in [-0.15, -0.1) is 0 Å². The molecule has 0 radical (unpaired) electrons. The number of alkyl halides is 6. The average molecular weight is 502 g/mol. The molecule has 1 aromatic carbocycles. The fraction of sp³-hybridized carbons (Fsp3) is 0.333. The number of nitrogens with two attached hydrogens (primary N) is 1. The Morgan fingerprint density at radius 1 is 1.03 bits per heavy atom. The average Bonchev–Trinajstić information content (AvgIpc) is 2.76. The van der Waals surface area contributed by atoms with E-state index in [0.29, 0.717) is 6.20 Å². The van der Waals surface area contributed by atoms with Crippen LogP contribution in [0.5, 0.6) is 0 Å². The number of pyridine rings is 1. The maximum Gasteiger partial charge on any atom is 0.424 e. The number of hydrogen-bond acceptors (Lipinski definition) is 7. The van der Waals surface area contributed by atoms with Crippen molar-refractivity contribution in [2.45, 2.75) is 37.3 Å². The molecule has 2 atom stereocenters. The summed E-state index contributed by atoms with van der Waals surface area (Å²) in [6.45, 7) is 1.47. The van der Waals surface area contributed by atoms with Crippen LogP contribution in [0, 0.1) is 5.82 Å². The van der Waals surface area contributed by atoms with Crippen molar-refractivity contribution in [3.8, 4) is 0 Å². The summed E-state index contributed by atoms with van der Waals surface area (Å²) in [6, 6.07) is 4.42. The lowest BCUT2D eigenvalue weighted by Gasteiger charge is -2.41. The number of aromatic nitrogens is 3. The van der Waals surface area contributed by atoms with Crippen LogP contribution in [0.4, 0.5) is 42.2 Å². The third-order valence-corrected chi connectivity index (χ3v) is 5.65. The fourth-order valence-corrected chi connectivity index (χ4v) is 3.47. The molecule has 2 aromatic heterocycles. The molecule has 7 nitrogen and oxygen atoms in total.